The van der Waals surface area contributed by atoms with Crippen LogP contribution in [-0.2, 0) is 9.16 Å². The number of rotatable bonds is 3. The number of hydrogen-bond acceptors (Lipinski definition) is 4. The third kappa shape index (κ3) is 3.35. The van der Waals surface area contributed by atoms with Gasteiger partial charge >= 0.3 is 5.69 Å². The Kier molecular flexibility index (Phi) is 4.47. The molecule has 1 aromatic heterocycles. The maximum atomic E-state index is 12.1. The van der Waals surface area contributed by atoms with Gasteiger partial charge in [0.25, 0.3) is 5.56 Å². The highest BCUT2D eigenvalue weighted by molar-refractivity contribution is 6.74. The first-order valence-electron chi connectivity index (χ1n) is 7.79. The predicted molar refractivity (Wildman–Crippen MR) is 91.8 cm³/mol. The van der Waals surface area contributed by atoms with Crippen molar-refractivity contribution in [3.05, 3.63) is 45.4 Å². The minimum Gasteiger partial charge on any atom is -0.472 e. The van der Waals surface area contributed by atoms with E-state index in [-0.39, 0.29) is 17.1 Å². The van der Waals surface area contributed by atoms with Gasteiger partial charge in [0.2, 0.25) is 6.23 Å². The first kappa shape index (κ1) is 17.7. The summed E-state index contributed by atoms with van der Waals surface area (Å²) >= 11 is 0. The number of aromatic nitrogens is 2. The zero-order valence-corrected chi connectivity index (χ0v) is 15.7. The van der Waals surface area contributed by atoms with E-state index >= 15 is 0 Å². The average molecular weight is 338 g/mol. The highest BCUT2D eigenvalue weighted by Gasteiger charge is 2.47. The van der Waals surface area contributed by atoms with Crippen LogP contribution in [0.1, 0.15) is 33.9 Å². The monoisotopic (exact) mass is 338 g/mol. The van der Waals surface area contributed by atoms with Crippen LogP contribution in [0.2, 0.25) is 18.1 Å². The molecule has 0 aromatic carbocycles. The third-order valence-electron chi connectivity index (χ3n) is 4.92. The van der Waals surface area contributed by atoms with E-state index in [4.69, 9.17) is 9.16 Å². The average Bonchev–Trinajstić information content (AvgIpc) is 2.65. The zero-order valence-electron chi connectivity index (χ0n) is 14.7. The van der Waals surface area contributed by atoms with Gasteiger partial charge in [-0.25, -0.2) is 4.79 Å². The SMILES string of the molecule is C=C1O[C@@H](n2ccc(=O)[nH]c2=O)C(O[Si](C)(C)C(C)(C)C)[C@@H]1C. The van der Waals surface area contributed by atoms with E-state index < -0.39 is 25.8 Å². The summed E-state index contributed by atoms with van der Waals surface area (Å²) in [5.74, 6) is 0.560. The molecule has 23 heavy (non-hydrogen) atoms. The molecule has 128 valence electrons. The Morgan fingerprint density at radius 2 is 1.96 bits per heavy atom. The van der Waals surface area contributed by atoms with E-state index in [1.54, 1.807) is 0 Å². The molecule has 1 unspecified atom stereocenters. The van der Waals surface area contributed by atoms with Crippen molar-refractivity contribution in [3.8, 4) is 0 Å². The number of H-pyrrole nitrogens is 1. The molecule has 0 spiro atoms. The second-order valence-corrected chi connectivity index (χ2v) is 12.4. The van der Waals surface area contributed by atoms with Crippen molar-refractivity contribution in [3.63, 3.8) is 0 Å². The fourth-order valence-corrected chi connectivity index (χ4v) is 3.63. The molecule has 1 aromatic rings. The summed E-state index contributed by atoms with van der Waals surface area (Å²) in [4.78, 5) is 25.6. The van der Waals surface area contributed by atoms with Gasteiger partial charge in [0.05, 0.1) is 5.76 Å². The van der Waals surface area contributed by atoms with Gasteiger partial charge in [-0.15, -0.1) is 0 Å². The Hall–Kier alpha value is -1.60. The molecule has 1 aliphatic rings. The fourth-order valence-electron chi connectivity index (χ4n) is 2.28. The second kappa shape index (κ2) is 5.79. The molecule has 1 fully saturated rings. The molecule has 0 amide bonds. The largest absolute Gasteiger partial charge is 0.472 e. The first-order valence-corrected chi connectivity index (χ1v) is 10.7. The van der Waals surface area contributed by atoms with E-state index in [9.17, 15) is 9.59 Å². The second-order valence-electron chi connectivity index (χ2n) is 7.62. The summed E-state index contributed by atoms with van der Waals surface area (Å²) < 4.78 is 13.7. The minimum atomic E-state index is -2.05. The smallest absolute Gasteiger partial charge is 0.331 e. The van der Waals surface area contributed by atoms with Crippen molar-refractivity contribution in [2.24, 2.45) is 5.92 Å². The molecule has 0 radical (unpaired) electrons. The highest BCUT2D eigenvalue weighted by atomic mass is 28.4. The summed E-state index contributed by atoms with van der Waals surface area (Å²) in [7, 11) is -2.05. The summed E-state index contributed by atoms with van der Waals surface area (Å²) in [5.41, 5.74) is -0.939. The molecule has 2 heterocycles. The van der Waals surface area contributed by atoms with Gasteiger partial charge in [-0.3, -0.25) is 14.3 Å². The lowest BCUT2D eigenvalue weighted by Gasteiger charge is -2.40. The zero-order chi connectivity index (χ0) is 17.6. The molecule has 0 saturated carbocycles. The van der Waals surface area contributed by atoms with Gasteiger partial charge in [0.15, 0.2) is 8.32 Å². The van der Waals surface area contributed by atoms with Crippen molar-refractivity contribution in [1.29, 1.82) is 0 Å². The maximum absolute atomic E-state index is 12.1. The Morgan fingerprint density at radius 3 is 2.48 bits per heavy atom. The van der Waals surface area contributed by atoms with Crippen molar-refractivity contribution in [1.82, 2.24) is 9.55 Å². The topological polar surface area (TPSA) is 73.3 Å². The number of hydrogen-bond donors (Lipinski definition) is 1. The van der Waals surface area contributed by atoms with Crippen LogP contribution < -0.4 is 11.2 Å². The Labute approximate surface area is 137 Å². The van der Waals surface area contributed by atoms with Crippen LogP contribution in [0.3, 0.4) is 0 Å². The lowest BCUT2D eigenvalue weighted by molar-refractivity contribution is 0.00625. The van der Waals surface area contributed by atoms with Gasteiger partial charge in [-0.05, 0) is 18.1 Å². The molecule has 1 saturated heterocycles. The molecule has 6 nitrogen and oxygen atoms in total. The molecular formula is C16H26N2O4Si. The van der Waals surface area contributed by atoms with E-state index in [1.807, 2.05) is 6.92 Å². The van der Waals surface area contributed by atoms with Crippen molar-refractivity contribution in [2.45, 2.75) is 58.2 Å². The third-order valence-corrected chi connectivity index (χ3v) is 9.39. The van der Waals surface area contributed by atoms with Crippen molar-refractivity contribution in [2.75, 3.05) is 0 Å². The highest BCUT2D eigenvalue weighted by Crippen LogP contribution is 2.43. The number of nitrogens with zero attached hydrogens (tertiary/aromatic N) is 1. The summed E-state index contributed by atoms with van der Waals surface area (Å²) in [5, 5.41) is 0.0388. The molecule has 3 atom stereocenters. The van der Waals surface area contributed by atoms with E-state index in [0.29, 0.717) is 5.76 Å². The van der Waals surface area contributed by atoms with Crippen LogP contribution in [0.5, 0.6) is 0 Å². The van der Waals surface area contributed by atoms with Crippen LogP contribution in [0, 0.1) is 5.92 Å². The van der Waals surface area contributed by atoms with E-state index in [1.165, 1.54) is 16.8 Å². The Morgan fingerprint density at radius 1 is 1.35 bits per heavy atom. The molecule has 0 bridgehead atoms. The molecular weight excluding hydrogens is 312 g/mol. The van der Waals surface area contributed by atoms with Gasteiger partial charge in [0.1, 0.15) is 6.10 Å². The van der Waals surface area contributed by atoms with Crippen molar-refractivity contribution >= 4 is 8.32 Å². The Bertz CT molecular complexity index is 714. The summed E-state index contributed by atoms with van der Waals surface area (Å²) in [6, 6.07) is 1.31. The van der Waals surface area contributed by atoms with Gasteiger partial charge in [-0.1, -0.05) is 34.3 Å². The van der Waals surface area contributed by atoms with Gasteiger partial charge < -0.3 is 9.16 Å². The fraction of sp³-hybridized carbons (Fsp3) is 0.625. The predicted octanol–water partition coefficient (Wildman–Crippen LogP) is 2.61. The molecule has 0 aliphatic carbocycles. The van der Waals surface area contributed by atoms with Crippen LogP contribution in [0.4, 0.5) is 0 Å². The minimum absolute atomic E-state index is 0.0343. The van der Waals surface area contributed by atoms with Crippen LogP contribution in [0.15, 0.2) is 34.2 Å². The van der Waals surface area contributed by atoms with Crippen LogP contribution in [0.25, 0.3) is 0 Å². The van der Waals surface area contributed by atoms with E-state index in [2.05, 4.69) is 45.4 Å². The Balaban J connectivity index is 2.40. The van der Waals surface area contributed by atoms with Crippen LogP contribution in [-0.4, -0.2) is 24.0 Å². The summed E-state index contributed by atoms with van der Waals surface area (Å²) in [6.07, 6.45) is 0.516. The van der Waals surface area contributed by atoms with Gasteiger partial charge in [0, 0.05) is 18.2 Å². The molecule has 1 N–H and O–H groups in total. The van der Waals surface area contributed by atoms with Gasteiger partial charge in [-0.2, -0.15) is 0 Å². The standard InChI is InChI=1S/C16H26N2O4Si/c1-10-11(2)21-14(18-9-8-12(19)17-15(18)20)13(10)22-23(6,7)16(3,4)5/h8-10,13-14H,2H2,1,3-7H3,(H,17,19,20)/t10-,13?,14-/m1/s1. The normalized spacial score (nSPS) is 25.5. The quantitative estimate of drug-likeness (QED) is 0.860. The molecule has 2 rings (SSSR count). The van der Waals surface area contributed by atoms with Crippen LogP contribution >= 0.6 is 0 Å². The van der Waals surface area contributed by atoms with Crippen molar-refractivity contribution < 1.29 is 9.16 Å². The summed E-state index contributed by atoms with van der Waals surface area (Å²) in [6.45, 7) is 16.7. The number of aromatic amines is 1. The first-order chi connectivity index (χ1) is 10.4. The lowest BCUT2D eigenvalue weighted by Crippen LogP contribution is -2.47. The number of ether oxygens (including phenoxy) is 1. The molecule has 7 heteroatoms. The molecule has 1 aliphatic heterocycles. The van der Waals surface area contributed by atoms with E-state index in [0.717, 1.165) is 0 Å². The lowest BCUT2D eigenvalue weighted by atomic mass is 10.1. The maximum Gasteiger partial charge on any atom is 0.331 e. The number of nitrogens with one attached hydrogen (secondary N) is 1.